The van der Waals surface area contributed by atoms with Crippen molar-refractivity contribution in [2.75, 3.05) is 42.5 Å². The highest BCUT2D eigenvalue weighted by atomic mass is 19.1. The third-order valence-corrected chi connectivity index (χ3v) is 8.89. The molecule has 6 rings (SSSR count). The Kier molecular flexibility index (Phi) is 8.84. The molecular weight excluding hydrogens is 591 g/mol. The number of halogens is 1. The van der Waals surface area contributed by atoms with Crippen molar-refractivity contribution < 1.29 is 23.2 Å². The van der Waals surface area contributed by atoms with Gasteiger partial charge in [0.25, 0.3) is 5.91 Å². The normalized spacial score (nSPS) is 20.6. The minimum Gasteiger partial charge on any atom is -0.444 e. The first-order valence-corrected chi connectivity index (χ1v) is 16.2. The predicted molar refractivity (Wildman–Crippen MR) is 169 cm³/mol. The summed E-state index contributed by atoms with van der Waals surface area (Å²) in [5, 5.41) is 7.07. The van der Waals surface area contributed by atoms with Crippen LogP contribution < -0.4 is 15.1 Å². The van der Waals surface area contributed by atoms with Crippen LogP contribution in [0.25, 0.3) is 0 Å². The van der Waals surface area contributed by atoms with E-state index in [1.165, 1.54) is 6.07 Å². The van der Waals surface area contributed by atoms with Crippen LogP contribution in [-0.2, 0) is 4.74 Å². The fraction of sp³-hybridized carbons (Fsp3) is 0.576. The number of aryl methyl sites for hydroxylation is 1. The van der Waals surface area contributed by atoms with Gasteiger partial charge in [0.1, 0.15) is 11.4 Å². The van der Waals surface area contributed by atoms with Crippen molar-refractivity contribution in [1.29, 1.82) is 0 Å². The molecule has 3 aromatic rings. The quantitative estimate of drug-likeness (QED) is 0.368. The molecule has 246 valence electrons. The van der Waals surface area contributed by atoms with Gasteiger partial charge in [0.05, 0.1) is 11.6 Å². The monoisotopic (exact) mass is 634 g/mol. The SMILES string of the molecule is CCN(C(=O)c1cnc(N2CC(c3cc(C)ccc3F)[C@@H](NC(=O)OC(C)(C)C)C2)nc1)C1CCN(c2nc(C3CC3)no2)CC1. The molecule has 2 amide bonds. The molecule has 1 aromatic carbocycles. The molecular formula is C33H43FN8O4. The average molecular weight is 635 g/mol. The van der Waals surface area contributed by atoms with E-state index in [9.17, 15) is 9.59 Å². The van der Waals surface area contributed by atoms with Gasteiger partial charge in [0.15, 0.2) is 5.82 Å². The summed E-state index contributed by atoms with van der Waals surface area (Å²) in [5.74, 6) is 0.839. The van der Waals surface area contributed by atoms with Gasteiger partial charge < -0.3 is 29.3 Å². The van der Waals surface area contributed by atoms with Gasteiger partial charge in [-0.3, -0.25) is 4.79 Å². The first-order valence-electron chi connectivity index (χ1n) is 16.2. The summed E-state index contributed by atoms with van der Waals surface area (Å²) in [4.78, 5) is 45.9. The number of hydrogen-bond donors (Lipinski definition) is 1. The maximum atomic E-state index is 15.0. The second-order valence-corrected chi connectivity index (χ2v) is 13.6. The van der Waals surface area contributed by atoms with E-state index in [0.29, 0.717) is 48.6 Å². The number of hydrogen-bond acceptors (Lipinski definition) is 10. The highest BCUT2D eigenvalue weighted by Crippen LogP contribution is 2.39. The number of nitrogens with one attached hydrogen (secondary N) is 1. The van der Waals surface area contributed by atoms with Crippen molar-refractivity contribution in [1.82, 2.24) is 30.3 Å². The summed E-state index contributed by atoms with van der Waals surface area (Å²) in [6.07, 6.45) is 6.36. The van der Waals surface area contributed by atoms with Gasteiger partial charge in [0.2, 0.25) is 5.95 Å². The van der Waals surface area contributed by atoms with Crippen LogP contribution in [0.5, 0.6) is 0 Å². The Hall–Kier alpha value is -4.29. The number of aromatic nitrogens is 4. The Morgan fingerprint density at radius 2 is 1.80 bits per heavy atom. The van der Waals surface area contributed by atoms with Crippen LogP contribution >= 0.6 is 0 Å². The van der Waals surface area contributed by atoms with Gasteiger partial charge in [-0.1, -0.05) is 22.9 Å². The maximum Gasteiger partial charge on any atom is 0.407 e. The van der Waals surface area contributed by atoms with E-state index in [4.69, 9.17) is 9.26 Å². The van der Waals surface area contributed by atoms with E-state index in [1.54, 1.807) is 39.2 Å². The maximum absolute atomic E-state index is 15.0. The van der Waals surface area contributed by atoms with E-state index < -0.39 is 17.7 Å². The molecule has 46 heavy (non-hydrogen) atoms. The van der Waals surface area contributed by atoms with Crippen LogP contribution in [0.1, 0.15) is 92.5 Å². The molecule has 4 heterocycles. The molecule has 1 saturated carbocycles. The van der Waals surface area contributed by atoms with Gasteiger partial charge >= 0.3 is 12.1 Å². The van der Waals surface area contributed by atoms with Gasteiger partial charge in [-0.2, -0.15) is 4.98 Å². The molecule has 3 aliphatic rings. The number of carbonyl (C=O) groups is 2. The van der Waals surface area contributed by atoms with Crippen molar-refractivity contribution in [2.24, 2.45) is 0 Å². The minimum absolute atomic E-state index is 0.0718. The molecule has 2 aromatic heterocycles. The molecule has 0 spiro atoms. The second kappa shape index (κ2) is 12.8. The fourth-order valence-corrected chi connectivity index (χ4v) is 6.39. The van der Waals surface area contributed by atoms with Crippen LogP contribution in [0.15, 0.2) is 35.1 Å². The van der Waals surface area contributed by atoms with Crippen LogP contribution in [0.3, 0.4) is 0 Å². The third-order valence-electron chi connectivity index (χ3n) is 8.89. The Bertz CT molecular complexity index is 1550. The lowest BCUT2D eigenvalue weighted by Crippen LogP contribution is -2.47. The summed E-state index contributed by atoms with van der Waals surface area (Å²) in [6.45, 7) is 12.0. The second-order valence-electron chi connectivity index (χ2n) is 13.6. The lowest BCUT2D eigenvalue weighted by molar-refractivity contribution is 0.0504. The van der Waals surface area contributed by atoms with E-state index in [0.717, 1.165) is 50.2 Å². The van der Waals surface area contributed by atoms with Crippen LogP contribution in [-0.4, -0.2) is 87.4 Å². The lowest BCUT2D eigenvalue weighted by atomic mass is 9.92. The average Bonchev–Trinajstić information content (AvgIpc) is 3.61. The smallest absolute Gasteiger partial charge is 0.407 e. The highest BCUT2D eigenvalue weighted by molar-refractivity contribution is 5.94. The molecule has 2 atom stereocenters. The van der Waals surface area contributed by atoms with E-state index in [-0.39, 0.29) is 23.7 Å². The van der Waals surface area contributed by atoms with Crippen molar-refractivity contribution in [2.45, 2.75) is 89.8 Å². The number of carbonyl (C=O) groups excluding carboxylic acids is 2. The van der Waals surface area contributed by atoms with Crippen molar-refractivity contribution in [3.63, 3.8) is 0 Å². The summed E-state index contributed by atoms with van der Waals surface area (Å²) < 4.78 is 26.0. The zero-order chi connectivity index (χ0) is 32.6. The summed E-state index contributed by atoms with van der Waals surface area (Å²) in [6, 6.07) is 5.19. The molecule has 1 unspecified atom stereocenters. The van der Waals surface area contributed by atoms with Crippen LogP contribution in [0, 0.1) is 12.7 Å². The fourth-order valence-electron chi connectivity index (χ4n) is 6.39. The molecule has 1 N–H and O–H groups in total. The number of rotatable bonds is 8. The number of ether oxygens (including phenoxy) is 1. The molecule has 0 radical (unpaired) electrons. The van der Waals surface area contributed by atoms with Crippen molar-refractivity contribution >= 4 is 24.0 Å². The number of benzene rings is 1. The van der Waals surface area contributed by atoms with Crippen LogP contribution in [0.2, 0.25) is 0 Å². The van der Waals surface area contributed by atoms with Gasteiger partial charge in [-0.15, -0.1) is 0 Å². The highest BCUT2D eigenvalue weighted by Gasteiger charge is 2.39. The van der Waals surface area contributed by atoms with Crippen molar-refractivity contribution in [3.05, 3.63) is 58.9 Å². The number of anilines is 2. The summed E-state index contributed by atoms with van der Waals surface area (Å²) in [5.41, 5.74) is 1.17. The van der Waals surface area contributed by atoms with Gasteiger partial charge in [0, 0.05) is 63.0 Å². The molecule has 0 bridgehead atoms. The number of nitrogens with zero attached hydrogens (tertiary/aromatic N) is 7. The summed E-state index contributed by atoms with van der Waals surface area (Å²) >= 11 is 0. The van der Waals surface area contributed by atoms with Gasteiger partial charge in [-0.25, -0.2) is 19.2 Å². The van der Waals surface area contributed by atoms with E-state index in [2.05, 4.69) is 30.3 Å². The molecule has 13 heteroatoms. The van der Waals surface area contributed by atoms with E-state index >= 15 is 4.39 Å². The Morgan fingerprint density at radius 1 is 1.09 bits per heavy atom. The Labute approximate surface area is 268 Å². The molecule has 1 aliphatic carbocycles. The zero-order valence-electron chi connectivity index (χ0n) is 27.2. The lowest BCUT2D eigenvalue weighted by Gasteiger charge is -2.37. The number of piperidine rings is 1. The van der Waals surface area contributed by atoms with Crippen molar-refractivity contribution in [3.8, 4) is 0 Å². The first kappa shape index (κ1) is 31.7. The number of amides is 2. The molecule has 3 fully saturated rings. The molecule has 2 aliphatic heterocycles. The Balaban J connectivity index is 1.11. The largest absolute Gasteiger partial charge is 0.444 e. The zero-order valence-corrected chi connectivity index (χ0v) is 27.2. The first-order chi connectivity index (χ1) is 22.0. The minimum atomic E-state index is -0.672. The van der Waals surface area contributed by atoms with Gasteiger partial charge in [-0.05, 0) is 71.9 Å². The molecule has 2 saturated heterocycles. The topological polar surface area (TPSA) is 130 Å². The summed E-state index contributed by atoms with van der Waals surface area (Å²) in [7, 11) is 0. The predicted octanol–water partition coefficient (Wildman–Crippen LogP) is 4.81. The third kappa shape index (κ3) is 7.07. The molecule has 12 nitrogen and oxygen atoms in total. The standard InChI is InChI=1S/C33H43FN8O4/c1-6-42(23-11-13-40(14-12-23)31-38-28(39-46-31)21-8-9-21)29(43)22-16-35-30(36-17-22)41-18-25(24-15-20(2)7-10-26(24)34)27(19-41)37-32(44)45-33(3,4)5/h7,10,15-17,21,23,25,27H,6,8-9,11-14,18-19H2,1-5H3,(H,37,44)/t25?,27-/m0/s1. The Morgan fingerprint density at radius 3 is 2.46 bits per heavy atom. The van der Waals surface area contributed by atoms with E-state index in [1.807, 2.05) is 29.7 Å². The number of alkyl carbamates (subject to hydrolysis) is 1. The van der Waals surface area contributed by atoms with Crippen LogP contribution in [0.4, 0.5) is 21.1 Å².